The largest absolute Gasteiger partial charge is 0.295 e. The van der Waals surface area contributed by atoms with E-state index in [0.29, 0.717) is 0 Å². The van der Waals surface area contributed by atoms with E-state index in [4.69, 9.17) is 0 Å². The first-order valence-corrected chi connectivity index (χ1v) is 16.2. The molecule has 0 amide bonds. The van der Waals surface area contributed by atoms with E-state index in [1.165, 1.54) is 87.0 Å². The standard InChI is InChI=1S/C42H26N2S/c1-2-12-32(13-3-1)43-36-17-7-6-14-34(36)39-35-16-9-19-38-40(35)44(42(39)43)37-18-8-15-33(41(37)45-38)29-23-20-28(21-24-29)31-25-22-27-10-4-5-11-30(27)26-31/h1-26H. The van der Waals surface area contributed by atoms with Gasteiger partial charge in [0.15, 0.2) is 0 Å². The zero-order valence-electron chi connectivity index (χ0n) is 24.3. The van der Waals surface area contributed by atoms with Crippen LogP contribution in [-0.2, 0) is 0 Å². The molecule has 0 bridgehead atoms. The molecule has 1 aliphatic heterocycles. The van der Waals surface area contributed by atoms with E-state index in [-0.39, 0.29) is 0 Å². The zero-order chi connectivity index (χ0) is 29.5. The molecule has 0 saturated heterocycles. The second kappa shape index (κ2) is 9.49. The Labute approximate surface area is 264 Å². The first-order valence-electron chi connectivity index (χ1n) is 15.4. The lowest BCUT2D eigenvalue weighted by Crippen LogP contribution is -2.06. The van der Waals surface area contributed by atoms with Crippen LogP contribution in [0.15, 0.2) is 168 Å². The molecular weight excluding hydrogens is 565 g/mol. The van der Waals surface area contributed by atoms with Gasteiger partial charge in [-0.2, -0.15) is 0 Å². The normalized spacial score (nSPS) is 12.4. The molecule has 210 valence electrons. The highest BCUT2D eigenvalue weighted by Crippen LogP contribution is 2.51. The molecule has 45 heavy (non-hydrogen) atoms. The van der Waals surface area contributed by atoms with Gasteiger partial charge >= 0.3 is 0 Å². The summed E-state index contributed by atoms with van der Waals surface area (Å²) >= 11 is 1.89. The summed E-state index contributed by atoms with van der Waals surface area (Å²) in [5.74, 6) is 0. The molecule has 0 N–H and O–H groups in total. The van der Waals surface area contributed by atoms with Crippen LogP contribution in [0.3, 0.4) is 0 Å². The van der Waals surface area contributed by atoms with E-state index in [1.807, 2.05) is 11.8 Å². The minimum atomic E-state index is 1.17. The first kappa shape index (κ1) is 24.9. The molecule has 7 aromatic carbocycles. The summed E-state index contributed by atoms with van der Waals surface area (Å²) in [6, 6.07) is 57.5. The van der Waals surface area contributed by atoms with Crippen LogP contribution in [0.2, 0.25) is 0 Å². The highest BCUT2D eigenvalue weighted by molar-refractivity contribution is 8.00. The molecule has 0 spiro atoms. The molecule has 2 nitrogen and oxygen atoms in total. The lowest BCUT2D eigenvalue weighted by Gasteiger charge is -2.23. The van der Waals surface area contributed by atoms with Gasteiger partial charge in [0.25, 0.3) is 0 Å². The van der Waals surface area contributed by atoms with Crippen molar-refractivity contribution in [2.24, 2.45) is 0 Å². The third kappa shape index (κ3) is 3.59. The highest BCUT2D eigenvalue weighted by atomic mass is 32.2. The van der Waals surface area contributed by atoms with Gasteiger partial charge in [0.1, 0.15) is 5.65 Å². The van der Waals surface area contributed by atoms with E-state index in [1.54, 1.807) is 0 Å². The van der Waals surface area contributed by atoms with Gasteiger partial charge in [-0.05, 0) is 69.4 Å². The monoisotopic (exact) mass is 590 g/mol. The van der Waals surface area contributed by atoms with Gasteiger partial charge < -0.3 is 0 Å². The van der Waals surface area contributed by atoms with Crippen LogP contribution in [0.25, 0.3) is 77.2 Å². The van der Waals surface area contributed by atoms with Crippen molar-refractivity contribution in [3.05, 3.63) is 158 Å². The summed E-state index contributed by atoms with van der Waals surface area (Å²) in [6.07, 6.45) is 0. The van der Waals surface area contributed by atoms with Crippen molar-refractivity contribution in [3.63, 3.8) is 0 Å². The van der Waals surface area contributed by atoms with Crippen LogP contribution < -0.4 is 0 Å². The number of hydrogen-bond donors (Lipinski definition) is 0. The quantitative estimate of drug-likeness (QED) is 0.199. The Hall–Kier alpha value is -5.51. The molecule has 9 aromatic rings. The fourth-order valence-electron chi connectivity index (χ4n) is 7.28. The van der Waals surface area contributed by atoms with Gasteiger partial charge in [-0.3, -0.25) is 9.13 Å². The van der Waals surface area contributed by atoms with Gasteiger partial charge in [-0.25, -0.2) is 0 Å². The van der Waals surface area contributed by atoms with Crippen molar-refractivity contribution >= 4 is 55.4 Å². The molecule has 2 aromatic heterocycles. The summed E-state index contributed by atoms with van der Waals surface area (Å²) in [5, 5.41) is 6.43. The van der Waals surface area contributed by atoms with Crippen LogP contribution >= 0.6 is 11.8 Å². The Kier molecular flexibility index (Phi) is 5.25. The number of aromatic nitrogens is 2. The average molecular weight is 591 g/mol. The van der Waals surface area contributed by atoms with E-state index in [0.717, 1.165) is 0 Å². The summed E-state index contributed by atoms with van der Waals surface area (Å²) in [5.41, 5.74) is 11.1. The van der Waals surface area contributed by atoms with Crippen LogP contribution in [0.5, 0.6) is 0 Å². The van der Waals surface area contributed by atoms with E-state index in [2.05, 4.69) is 167 Å². The third-order valence-corrected chi connectivity index (χ3v) is 10.5. The smallest absolute Gasteiger partial charge is 0.131 e. The summed E-state index contributed by atoms with van der Waals surface area (Å²) in [6.45, 7) is 0. The van der Waals surface area contributed by atoms with Gasteiger partial charge in [0.05, 0.1) is 16.7 Å². The minimum absolute atomic E-state index is 1.17. The predicted octanol–water partition coefficient (Wildman–Crippen LogP) is 11.7. The van der Waals surface area contributed by atoms with Crippen LogP contribution in [0.4, 0.5) is 0 Å². The zero-order valence-corrected chi connectivity index (χ0v) is 25.1. The van der Waals surface area contributed by atoms with Crippen molar-refractivity contribution in [1.82, 2.24) is 9.13 Å². The molecule has 3 heteroatoms. The van der Waals surface area contributed by atoms with E-state index >= 15 is 0 Å². The fourth-order valence-corrected chi connectivity index (χ4v) is 8.50. The lowest BCUT2D eigenvalue weighted by molar-refractivity contribution is 1.03. The van der Waals surface area contributed by atoms with Gasteiger partial charge in [-0.15, -0.1) is 0 Å². The van der Waals surface area contributed by atoms with Crippen molar-refractivity contribution in [2.75, 3.05) is 0 Å². The summed E-state index contributed by atoms with van der Waals surface area (Å²) in [4.78, 5) is 2.58. The summed E-state index contributed by atoms with van der Waals surface area (Å²) in [7, 11) is 0. The number of para-hydroxylation sites is 3. The molecule has 3 heterocycles. The Morgan fingerprint density at radius 3 is 2.07 bits per heavy atom. The maximum absolute atomic E-state index is 2.52. The minimum Gasteiger partial charge on any atom is -0.295 e. The van der Waals surface area contributed by atoms with Gasteiger partial charge in [-0.1, -0.05) is 133 Å². The van der Waals surface area contributed by atoms with Crippen molar-refractivity contribution in [1.29, 1.82) is 0 Å². The third-order valence-electron chi connectivity index (χ3n) is 9.29. The number of benzene rings is 7. The topological polar surface area (TPSA) is 9.86 Å². The fraction of sp³-hybridized carbons (Fsp3) is 0. The molecule has 1 aliphatic rings. The van der Waals surface area contributed by atoms with Gasteiger partial charge in [0.2, 0.25) is 0 Å². The van der Waals surface area contributed by atoms with Crippen LogP contribution in [-0.4, -0.2) is 9.13 Å². The predicted molar refractivity (Wildman–Crippen MR) is 190 cm³/mol. The molecule has 10 rings (SSSR count). The molecule has 0 aliphatic carbocycles. The number of fused-ring (bicyclic) bond motifs is 8. The summed E-state index contributed by atoms with van der Waals surface area (Å²) < 4.78 is 4.96. The van der Waals surface area contributed by atoms with Crippen molar-refractivity contribution in [2.45, 2.75) is 9.79 Å². The SMILES string of the molecule is c1ccc(-n2c3ccccc3c3c4cccc5c4n(c32)-c2cccc(-c3ccc(-c4ccc6ccccc6c4)cc3)c2S5)cc1. The lowest BCUT2D eigenvalue weighted by atomic mass is 9.98. The van der Waals surface area contributed by atoms with Crippen LogP contribution in [0, 0.1) is 0 Å². The maximum atomic E-state index is 2.52. The number of hydrogen-bond acceptors (Lipinski definition) is 1. The molecule has 0 saturated carbocycles. The van der Waals surface area contributed by atoms with Crippen molar-refractivity contribution < 1.29 is 0 Å². The van der Waals surface area contributed by atoms with E-state index in [9.17, 15) is 0 Å². The van der Waals surface area contributed by atoms with Crippen LogP contribution in [0.1, 0.15) is 0 Å². The van der Waals surface area contributed by atoms with Gasteiger partial charge in [0, 0.05) is 31.6 Å². The maximum Gasteiger partial charge on any atom is 0.131 e. The van der Waals surface area contributed by atoms with E-state index < -0.39 is 0 Å². The Morgan fingerprint density at radius 2 is 1.18 bits per heavy atom. The average Bonchev–Trinajstić information content (AvgIpc) is 3.63. The highest BCUT2D eigenvalue weighted by Gasteiger charge is 2.29. The molecule has 0 fully saturated rings. The first-order chi connectivity index (χ1) is 22.3. The number of nitrogens with zero attached hydrogens (tertiary/aromatic N) is 2. The molecule has 0 radical (unpaired) electrons. The Balaban J connectivity index is 1.20. The second-order valence-electron chi connectivity index (χ2n) is 11.8. The Morgan fingerprint density at radius 1 is 0.467 bits per heavy atom. The Bertz CT molecular complexity index is 2610. The molecule has 0 atom stereocenters. The molecule has 0 unspecified atom stereocenters. The van der Waals surface area contributed by atoms with Crippen molar-refractivity contribution in [3.8, 4) is 33.6 Å². The number of rotatable bonds is 3. The molecular formula is C42H26N2S. The second-order valence-corrected chi connectivity index (χ2v) is 12.8.